The Morgan fingerprint density at radius 2 is 2.11 bits per heavy atom. The van der Waals surface area contributed by atoms with Gasteiger partial charge in [0.25, 0.3) is 0 Å². The first-order valence-electron chi connectivity index (χ1n) is 6.89. The molecule has 1 aliphatic carbocycles. The number of benzene rings is 1. The molecule has 0 bridgehead atoms. The molecule has 3 rings (SSSR count). The number of fused-ring (bicyclic) bond motifs is 1. The van der Waals surface area contributed by atoms with Crippen molar-refractivity contribution in [2.24, 2.45) is 5.73 Å². The lowest BCUT2D eigenvalue weighted by atomic mass is 9.76. The van der Waals surface area contributed by atoms with E-state index in [0.29, 0.717) is 6.10 Å². The summed E-state index contributed by atoms with van der Waals surface area (Å²) < 4.78 is 12.8. The second-order valence-electron chi connectivity index (χ2n) is 5.71. The lowest BCUT2D eigenvalue weighted by Gasteiger charge is -2.45. The van der Waals surface area contributed by atoms with Crippen LogP contribution in [0.15, 0.2) is 22.7 Å². The van der Waals surface area contributed by atoms with Crippen LogP contribution in [-0.4, -0.2) is 18.8 Å². The first-order chi connectivity index (χ1) is 9.12. The molecule has 2 aliphatic rings. The maximum atomic E-state index is 6.34. The summed E-state index contributed by atoms with van der Waals surface area (Å²) in [6.07, 6.45) is 5.49. The lowest BCUT2D eigenvalue weighted by Crippen LogP contribution is -2.46. The average Bonchev–Trinajstić information content (AvgIpc) is 2.39. The maximum absolute atomic E-state index is 6.34. The topological polar surface area (TPSA) is 44.5 Å². The van der Waals surface area contributed by atoms with Gasteiger partial charge in [0.1, 0.15) is 11.4 Å². The van der Waals surface area contributed by atoms with Gasteiger partial charge in [0, 0.05) is 29.6 Å². The molecule has 104 valence electrons. The fourth-order valence-electron chi connectivity index (χ4n) is 3.35. The summed E-state index contributed by atoms with van der Waals surface area (Å²) >= 11 is 3.50. The molecule has 0 aromatic heterocycles. The Kier molecular flexibility index (Phi) is 3.58. The van der Waals surface area contributed by atoms with Crippen LogP contribution >= 0.6 is 15.9 Å². The molecule has 1 aromatic rings. The van der Waals surface area contributed by atoms with Gasteiger partial charge >= 0.3 is 0 Å². The summed E-state index contributed by atoms with van der Waals surface area (Å²) in [5.41, 5.74) is 7.39. The molecule has 19 heavy (non-hydrogen) atoms. The van der Waals surface area contributed by atoms with Crippen molar-refractivity contribution in [2.75, 3.05) is 7.11 Å². The predicted octanol–water partition coefficient (Wildman–Crippen LogP) is 3.56. The molecule has 1 fully saturated rings. The van der Waals surface area contributed by atoms with Gasteiger partial charge < -0.3 is 15.2 Å². The molecule has 1 heterocycles. The SMILES string of the molecule is COC1CCC2(CC1)CC(N)c1ccc(Br)cc1O2. The molecule has 1 saturated carbocycles. The van der Waals surface area contributed by atoms with Crippen molar-refractivity contribution in [1.82, 2.24) is 0 Å². The lowest BCUT2D eigenvalue weighted by molar-refractivity contribution is -0.0428. The van der Waals surface area contributed by atoms with E-state index in [0.717, 1.165) is 47.9 Å². The Morgan fingerprint density at radius 1 is 1.37 bits per heavy atom. The van der Waals surface area contributed by atoms with Crippen LogP contribution < -0.4 is 10.5 Å². The molecule has 1 aliphatic heterocycles. The summed E-state index contributed by atoms with van der Waals surface area (Å²) in [7, 11) is 1.79. The van der Waals surface area contributed by atoms with Crippen molar-refractivity contribution < 1.29 is 9.47 Å². The third-order valence-corrected chi connectivity index (χ3v) is 4.96. The van der Waals surface area contributed by atoms with Gasteiger partial charge in [-0.1, -0.05) is 22.0 Å². The fraction of sp³-hybridized carbons (Fsp3) is 0.600. The van der Waals surface area contributed by atoms with Gasteiger partial charge in [-0.15, -0.1) is 0 Å². The van der Waals surface area contributed by atoms with Crippen molar-refractivity contribution in [2.45, 2.75) is 49.9 Å². The van der Waals surface area contributed by atoms with Crippen molar-refractivity contribution >= 4 is 15.9 Å². The Hall–Kier alpha value is -0.580. The summed E-state index contributed by atoms with van der Waals surface area (Å²) in [6.45, 7) is 0. The van der Waals surface area contributed by atoms with Crippen LogP contribution in [0.1, 0.15) is 43.7 Å². The number of hydrogen-bond acceptors (Lipinski definition) is 3. The van der Waals surface area contributed by atoms with E-state index in [-0.39, 0.29) is 11.6 Å². The Bertz CT molecular complexity index is 469. The molecule has 3 nitrogen and oxygen atoms in total. The van der Waals surface area contributed by atoms with Crippen molar-refractivity contribution in [3.63, 3.8) is 0 Å². The van der Waals surface area contributed by atoms with Gasteiger partial charge in [0.15, 0.2) is 0 Å². The molecule has 1 aromatic carbocycles. The number of halogens is 1. The highest BCUT2D eigenvalue weighted by Crippen LogP contribution is 2.46. The minimum Gasteiger partial charge on any atom is -0.487 e. The minimum atomic E-state index is -0.0811. The van der Waals surface area contributed by atoms with Crippen LogP contribution in [0.2, 0.25) is 0 Å². The molecule has 0 saturated heterocycles. The molecule has 4 heteroatoms. The van der Waals surface area contributed by atoms with Gasteiger partial charge in [-0.2, -0.15) is 0 Å². The van der Waals surface area contributed by atoms with Crippen molar-refractivity contribution in [1.29, 1.82) is 0 Å². The zero-order chi connectivity index (χ0) is 13.5. The molecule has 1 unspecified atom stereocenters. The van der Waals surface area contributed by atoms with Crippen LogP contribution in [0.5, 0.6) is 5.75 Å². The van der Waals surface area contributed by atoms with Gasteiger partial charge in [0.2, 0.25) is 0 Å². The van der Waals surface area contributed by atoms with Crippen LogP contribution in [-0.2, 0) is 4.74 Å². The van der Waals surface area contributed by atoms with Crippen LogP contribution in [0.25, 0.3) is 0 Å². The molecule has 0 radical (unpaired) electrons. The number of hydrogen-bond donors (Lipinski definition) is 1. The third kappa shape index (κ3) is 2.54. The van der Waals surface area contributed by atoms with E-state index in [1.165, 1.54) is 0 Å². The van der Waals surface area contributed by atoms with E-state index in [2.05, 4.69) is 22.0 Å². The standard InChI is InChI=1S/C15H20BrNO2/c1-18-11-4-6-15(7-5-11)9-13(17)12-3-2-10(16)8-14(12)19-15/h2-3,8,11,13H,4-7,9,17H2,1H3. The Morgan fingerprint density at radius 3 is 2.79 bits per heavy atom. The second-order valence-corrected chi connectivity index (χ2v) is 6.63. The molecule has 1 spiro atoms. The van der Waals surface area contributed by atoms with Crippen molar-refractivity contribution in [3.8, 4) is 5.75 Å². The normalized spacial score (nSPS) is 33.8. The van der Waals surface area contributed by atoms with Crippen LogP contribution in [0, 0.1) is 0 Å². The number of nitrogens with two attached hydrogens (primary N) is 1. The highest BCUT2D eigenvalue weighted by atomic mass is 79.9. The van der Waals surface area contributed by atoms with Gasteiger partial charge in [-0.25, -0.2) is 0 Å². The molecule has 0 amide bonds. The minimum absolute atomic E-state index is 0.0796. The first-order valence-corrected chi connectivity index (χ1v) is 7.68. The fourth-order valence-corrected chi connectivity index (χ4v) is 3.69. The third-order valence-electron chi connectivity index (χ3n) is 4.47. The number of rotatable bonds is 1. The largest absolute Gasteiger partial charge is 0.487 e. The predicted molar refractivity (Wildman–Crippen MR) is 78.3 cm³/mol. The zero-order valence-corrected chi connectivity index (χ0v) is 12.8. The Balaban J connectivity index is 1.84. The van der Waals surface area contributed by atoms with Gasteiger partial charge in [-0.05, 0) is 37.8 Å². The smallest absolute Gasteiger partial charge is 0.126 e. The maximum Gasteiger partial charge on any atom is 0.126 e. The second kappa shape index (κ2) is 5.08. The van der Waals surface area contributed by atoms with Crippen LogP contribution in [0.4, 0.5) is 0 Å². The zero-order valence-electron chi connectivity index (χ0n) is 11.2. The molecule has 1 atom stereocenters. The summed E-state index contributed by atoms with van der Waals surface area (Å²) in [5.74, 6) is 0.948. The van der Waals surface area contributed by atoms with E-state index < -0.39 is 0 Å². The van der Waals surface area contributed by atoms with Gasteiger partial charge in [0.05, 0.1) is 6.10 Å². The van der Waals surface area contributed by atoms with Crippen LogP contribution in [0.3, 0.4) is 0 Å². The Labute approximate surface area is 122 Å². The van der Waals surface area contributed by atoms with E-state index in [9.17, 15) is 0 Å². The molecule has 2 N–H and O–H groups in total. The highest BCUT2D eigenvalue weighted by Gasteiger charge is 2.42. The highest BCUT2D eigenvalue weighted by molar-refractivity contribution is 9.10. The van der Waals surface area contributed by atoms with E-state index in [4.69, 9.17) is 15.2 Å². The van der Waals surface area contributed by atoms with E-state index in [1.54, 1.807) is 7.11 Å². The molecular weight excluding hydrogens is 306 g/mol. The number of methoxy groups -OCH3 is 1. The molecular formula is C15H20BrNO2. The summed E-state index contributed by atoms with van der Waals surface area (Å²) in [6, 6.07) is 6.22. The van der Waals surface area contributed by atoms with Crippen molar-refractivity contribution in [3.05, 3.63) is 28.2 Å². The van der Waals surface area contributed by atoms with E-state index >= 15 is 0 Å². The average molecular weight is 326 g/mol. The van der Waals surface area contributed by atoms with E-state index in [1.807, 2.05) is 12.1 Å². The van der Waals surface area contributed by atoms with Gasteiger partial charge in [-0.3, -0.25) is 0 Å². The monoisotopic (exact) mass is 325 g/mol. The quantitative estimate of drug-likeness (QED) is 0.858. The number of ether oxygens (including phenoxy) is 2. The summed E-state index contributed by atoms with van der Waals surface area (Å²) in [5, 5.41) is 0. The first kappa shape index (κ1) is 13.4. The summed E-state index contributed by atoms with van der Waals surface area (Å²) in [4.78, 5) is 0.